The van der Waals surface area contributed by atoms with Gasteiger partial charge in [0.2, 0.25) is 0 Å². The predicted molar refractivity (Wildman–Crippen MR) is 79.8 cm³/mol. The van der Waals surface area contributed by atoms with Crippen molar-refractivity contribution in [3.05, 3.63) is 62.1 Å². The van der Waals surface area contributed by atoms with Gasteiger partial charge in [0.25, 0.3) is 5.69 Å². The minimum absolute atomic E-state index is 0.213. The molecule has 0 aliphatic carbocycles. The van der Waals surface area contributed by atoms with Crippen LogP contribution in [0.25, 0.3) is 0 Å². The van der Waals surface area contributed by atoms with Gasteiger partial charge >= 0.3 is 5.97 Å². The van der Waals surface area contributed by atoms with Crippen molar-refractivity contribution in [1.82, 2.24) is 0 Å². The van der Waals surface area contributed by atoms with Gasteiger partial charge in [-0.3, -0.25) is 10.1 Å². The molecule has 2 aromatic carbocycles. The number of non-ortho nitro benzene ring substituents is 1. The standard InChI is InChI=1S/C13H8Cl2N2O4/c14-10-3-1-7(5-11(10)15)16-12-4-2-8(17(20)21)6-9(12)13(18)19/h1-6,16H,(H,18,19). The molecular formula is C13H8Cl2N2O4. The number of hydrogen-bond acceptors (Lipinski definition) is 4. The summed E-state index contributed by atoms with van der Waals surface area (Å²) in [7, 11) is 0. The maximum absolute atomic E-state index is 11.2. The van der Waals surface area contributed by atoms with Crippen LogP contribution in [-0.4, -0.2) is 16.0 Å². The second kappa shape index (κ2) is 5.99. The normalized spacial score (nSPS) is 10.2. The van der Waals surface area contributed by atoms with Crippen LogP contribution in [0.4, 0.5) is 17.1 Å². The molecule has 0 fully saturated rings. The van der Waals surface area contributed by atoms with Crippen LogP contribution in [0, 0.1) is 10.1 Å². The van der Waals surface area contributed by atoms with Gasteiger partial charge in [-0.15, -0.1) is 0 Å². The highest BCUT2D eigenvalue weighted by atomic mass is 35.5. The van der Waals surface area contributed by atoms with E-state index in [2.05, 4.69) is 5.32 Å². The van der Waals surface area contributed by atoms with Crippen molar-refractivity contribution in [3.63, 3.8) is 0 Å². The Morgan fingerprint density at radius 1 is 1.14 bits per heavy atom. The lowest BCUT2D eigenvalue weighted by molar-refractivity contribution is -0.384. The number of aromatic carboxylic acids is 1. The van der Waals surface area contributed by atoms with E-state index < -0.39 is 10.9 Å². The zero-order valence-electron chi connectivity index (χ0n) is 10.3. The summed E-state index contributed by atoms with van der Waals surface area (Å²) >= 11 is 11.7. The smallest absolute Gasteiger partial charge is 0.338 e. The molecular weight excluding hydrogens is 319 g/mol. The van der Waals surface area contributed by atoms with E-state index in [1.54, 1.807) is 12.1 Å². The first-order valence-corrected chi connectivity index (χ1v) is 6.38. The lowest BCUT2D eigenvalue weighted by Crippen LogP contribution is -2.04. The number of nitro benzene ring substituents is 1. The molecule has 2 rings (SSSR count). The second-order valence-corrected chi connectivity index (χ2v) is 4.86. The van der Waals surface area contributed by atoms with Gasteiger partial charge in [-0.2, -0.15) is 0 Å². The van der Waals surface area contributed by atoms with E-state index in [0.717, 1.165) is 6.07 Å². The Balaban J connectivity index is 2.41. The summed E-state index contributed by atoms with van der Waals surface area (Å²) in [6, 6.07) is 8.22. The third kappa shape index (κ3) is 3.42. The van der Waals surface area contributed by atoms with Crippen molar-refractivity contribution < 1.29 is 14.8 Å². The topological polar surface area (TPSA) is 92.5 Å². The Labute approximate surface area is 129 Å². The Morgan fingerprint density at radius 3 is 2.43 bits per heavy atom. The van der Waals surface area contributed by atoms with Crippen molar-refractivity contribution in [1.29, 1.82) is 0 Å². The summed E-state index contributed by atoms with van der Waals surface area (Å²) in [5.74, 6) is -1.28. The lowest BCUT2D eigenvalue weighted by Gasteiger charge is -2.10. The third-order valence-corrected chi connectivity index (χ3v) is 3.38. The van der Waals surface area contributed by atoms with Crippen molar-refractivity contribution in [2.75, 3.05) is 5.32 Å². The fourth-order valence-electron chi connectivity index (χ4n) is 1.66. The van der Waals surface area contributed by atoms with E-state index in [0.29, 0.717) is 15.7 Å². The molecule has 0 bridgehead atoms. The molecule has 0 aromatic heterocycles. The number of nitrogens with one attached hydrogen (secondary N) is 1. The van der Waals surface area contributed by atoms with Crippen molar-refractivity contribution in [2.45, 2.75) is 0 Å². The zero-order valence-corrected chi connectivity index (χ0v) is 11.9. The number of carboxylic acid groups (broad SMARTS) is 1. The Morgan fingerprint density at radius 2 is 1.86 bits per heavy atom. The number of rotatable bonds is 4. The van der Waals surface area contributed by atoms with Gasteiger partial charge in [0.05, 0.1) is 26.2 Å². The summed E-state index contributed by atoms with van der Waals surface area (Å²) in [5, 5.41) is 23.3. The molecule has 0 amide bonds. The van der Waals surface area contributed by atoms with Gasteiger partial charge in [-0.05, 0) is 24.3 Å². The maximum Gasteiger partial charge on any atom is 0.338 e. The first kappa shape index (κ1) is 15.1. The van der Waals surface area contributed by atoms with E-state index in [-0.39, 0.29) is 16.9 Å². The molecule has 0 unspecified atom stereocenters. The van der Waals surface area contributed by atoms with E-state index in [1.807, 2.05) is 0 Å². The quantitative estimate of drug-likeness (QED) is 0.643. The molecule has 6 nitrogen and oxygen atoms in total. The lowest BCUT2D eigenvalue weighted by atomic mass is 10.1. The average molecular weight is 327 g/mol. The van der Waals surface area contributed by atoms with Crippen molar-refractivity contribution in [2.24, 2.45) is 0 Å². The summed E-state index contributed by atoms with van der Waals surface area (Å²) < 4.78 is 0. The summed E-state index contributed by atoms with van der Waals surface area (Å²) in [5.41, 5.74) is 0.217. The van der Waals surface area contributed by atoms with E-state index >= 15 is 0 Å². The highest BCUT2D eigenvalue weighted by Gasteiger charge is 2.16. The van der Waals surface area contributed by atoms with Gasteiger partial charge < -0.3 is 10.4 Å². The number of hydrogen-bond donors (Lipinski definition) is 2. The molecule has 0 saturated heterocycles. The molecule has 2 N–H and O–H groups in total. The molecule has 0 aliphatic rings. The van der Waals surface area contributed by atoms with Crippen molar-refractivity contribution >= 4 is 46.2 Å². The van der Waals surface area contributed by atoms with Crippen LogP contribution in [0.5, 0.6) is 0 Å². The predicted octanol–water partition coefficient (Wildman–Crippen LogP) is 4.34. The van der Waals surface area contributed by atoms with Crippen LogP contribution in [0.3, 0.4) is 0 Å². The summed E-state index contributed by atoms with van der Waals surface area (Å²) in [4.78, 5) is 21.2. The van der Waals surface area contributed by atoms with Crippen LogP contribution >= 0.6 is 23.2 Å². The Hall–Kier alpha value is -2.31. The zero-order chi connectivity index (χ0) is 15.6. The van der Waals surface area contributed by atoms with Crippen LogP contribution in [0.15, 0.2) is 36.4 Å². The largest absolute Gasteiger partial charge is 0.478 e. The molecule has 0 radical (unpaired) electrons. The fraction of sp³-hybridized carbons (Fsp3) is 0. The van der Waals surface area contributed by atoms with Crippen LogP contribution in [0.2, 0.25) is 10.0 Å². The minimum Gasteiger partial charge on any atom is -0.478 e. The second-order valence-electron chi connectivity index (χ2n) is 4.05. The van der Waals surface area contributed by atoms with Gasteiger partial charge in [-0.1, -0.05) is 23.2 Å². The Bertz CT molecular complexity index is 734. The molecule has 0 heterocycles. The van der Waals surface area contributed by atoms with Gasteiger partial charge in [-0.25, -0.2) is 4.79 Å². The van der Waals surface area contributed by atoms with Gasteiger partial charge in [0.1, 0.15) is 0 Å². The number of anilines is 2. The molecule has 2 aromatic rings. The van der Waals surface area contributed by atoms with Gasteiger partial charge in [0.15, 0.2) is 0 Å². The molecule has 0 aliphatic heterocycles. The molecule has 8 heteroatoms. The van der Waals surface area contributed by atoms with E-state index in [1.165, 1.54) is 18.2 Å². The summed E-state index contributed by atoms with van der Waals surface area (Å²) in [6.07, 6.45) is 0. The molecule has 0 spiro atoms. The SMILES string of the molecule is O=C(O)c1cc([N+](=O)[O-])ccc1Nc1ccc(Cl)c(Cl)c1. The number of carbonyl (C=O) groups is 1. The number of benzene rings is 2. The highest BCUT2D eigenvalue weighted by molar-refractivity contribution is 6.42. The molecule has 0 saturated carbocycles. The maximum atomic E-state index is 11.2. The molecule has 21 heavy (non-hydrogen) atoms. The molecule has 0 atom stereocenters. The average Bonchev–Trinajstić information content (AvgIpc) is 2.43. The highest BCUT2D eigenvalue weighted by Crippen LogP contribution is 2.29. The molecule has 108 valence electrons. The minimum atomic E-state index is -1.28. The third-order valence-electron chi connectivity index (χ3n) is 2.64. The number of nitrogens with zero attached hydrogens (tertiary/aromatic N) is 1. The first-order valence-electron chi connectivity index (χ1n) is 5.62. The fourth-order valence-corrected chi connectivity index (χ4v) is 1.96. The monoisotopic (exact) mass is 326 g/mol. The van der Waals surface area contributed by atoms with E-state index in [4.69, 9.17) is 28.3 Å². The van der Waals surface area contributed by atoms with Gasteiger partial charge in [0, 0.05) is 17.8 Å². The summed E-state index contributed by atoms with van der Waals surface area (Å²) in [6.45, 7) is 0. The van der Waals surface area contributed by atoms with Crippen molar-refractivity contribution in [3.8, 4) is 0 Å². The van der Waals surface area contributed by atoms with Crippen LogP contribution in [-0.2, 0) is 0 Å². The number of carboxylic acids is 1. The van der Waals surface area contributed by atoms with Crippen LogP contribution in [0.1, 0.15) is 10.4 Å². The van der Waals surface area contributed by atoms with Crippen LogP contribution < -0.4 is 5.32 Å². The number of halogens is 2. The number of nitro groups is 1. The Kier molecular flexibility index (Phi) is 4.30. The van der Waals surface area contributed by atoms with E-state index in [9.17, 15) is 14.9 Å². The first-order chi connectivity index (χ1) is 9.88.